The van der Waals surface area contributed by atoms with Gasteiger partial charge in [0, 0.05) is 28.1 Å². The number of hydrogen-bond acceptors (Lipinski definition) is 5. The summed E-state index contributed by atoms with van der Waals surface area (Å²) >= 11 is 0. The van der Waals surface area contributed by atoms with E-state index in [1.807, 2.05) is 66.7 Å². The molecule has 0 fully saturated rings. The van der Waals surface area contributed by atoms with Gasteiger partial charge in [-0.3, -0.25) is 9.59 Å². The van der Waals surface area contributed by atoms with E-state index in [1.165, 1.54) is 82.6 Å². The number of hydrogen-bond donors (Lipinski definition) is 2. The number of carbonyl (C=O) groups is 1. The van der Waals surface area contributed by atoms with E-state index in [0.29, 0.717) is 51.4 Å². The van der Waals surface area contributed by atoms with Crippen molar-refractivity contribution in [3.05, 3.63) is 111 Å². The van der Waals surface area contributed by atoms with E-state index >= 15 is 0 Å². The van der Waals surface area contributed by atoms with Gasteiger partial charge in [0.1, 0.15) is 11.5 Å². The molecule has 2 N–H and O–H groups in total. The first-order chi connectivity index (χ1) is 28.9. The third-order valence-corrected chi connectivity index (χ3v) is 12.3. The van der Waals surface area contributed by atoms with Gasteiger partial charge < -0.3 is 19.8 Å². The predicted octanol–water partition coefficient (Wildman–Crippen LogP) is 15.4. The van der Waals surface area contributed by atoms with E-state index in [1.54, 1.807) is 7.11 Å². The molecule has 1 aliphatic rings. The maximum atomic E-state index is 14.7. The number of carbonyl (C=O) groups excluding carboxylic acids is 1. The number of fused-ring (bicyclic) bond motifs is 2. The van der Waals surface area contributed by atoms with E-state index in [2.05, 4.69) is 64.0 Å². The van der Waals surface area contributed by atoms with Crippen molar-refractivity contribution in [2.75, 3.05) is 12.4 Å². The fourth-order valence-electron chi connectivity index (χ4n) is 9.57. The van der Waals surface area contributed by atoms with E-state index in [4.69, 9.17) is 9.47 Å². The lowest BCUT2D eigenvalue weighted by Gasteiger charge is -2.33. The number of unbranched alkanes of at least 4 members (excludes halogenated alkanes) is 14. The van der Waals surface area contributed by atoms with Crippen LogP contribution in [0, 0.1) is 5.41 Å². The normalized spacial score (nSPS) is 12.5. The molecule has 6 nitrogen and oxygen atoms in total. The third kappa shape index (κ3) is 11.1. The highest BCUT2D eigenvalue weighted by molar-refractivity contribution is 6.29. The molecule has 0 bridgehead atoms. The Morgan fingerprint density at radius 3 is 1.78 bits per heavy atom. The zero-order chi connectivity index (χ0) is 42.7. The molecule has 6 heteroatoms. The van der Waals surface area contributed by atoms with E-state index in [-0.39, 0.29) is 22.2 Å². The number of aromatic nitrogens is 1. The van der Waals surface area contributed by atoms with Crippen molar-refractivity contribution >= 4 is 28.1 Å². The Bertz CT molecular complexity index is 2260. The minimum Gasteiger partial charge on any atom is -0.495 e. The van der Waals surface area contributed by atoms with Crippen LogP contribution in [-0.4, -0.2) is 17.9 Å². The van der Waals surface area contributed by atoms with Crippen LogP contribution < -0.4 is 20.3 Å². The Morgan fingerprint density at radius 1 is 0.617 bits per heavy atom. The van der Waals surface area contributed by atoms with Crippen LogP contribution in [0.1, 0.15) is 171 Å². The minimum atomic E-state index is -0.132. The molecule has 0 saturated heterocycles. The largest absolute Gasteiger partial charge is 0.495 e. The molecule has 1 aliphatic carbocycles. The maximum absolute atomic E-state index is 14.7. The monoisotopic (exact) mass is 811 g/mol. The van der Waals surface area contributed by atoms with Crippen LogP contribution in [0.5, 0.6) is 17.2 Å². The van der Waals surface area contributed by atoms with Crippen molar-refractivity contribution in [1.29, 1.82) is 0 Å². The molecular weight excluding hydrogens is 741 g/mol. The highest BCUT2D eigenvalue weighted by Gasteiger charge is 2.33. The molecule has 0 saturated carbocycles. The molecule has 4 aromatic carbocycles. The zero-order valence-corrected chi connectivity index (χ0v) is 37.7. The minimum absolute atomic E-state index is 0.0229. The first kappa shape index (κ1) is 44.7. The molecule has 0 unspecified atom stereocenters. The topological polar surface area (TPSA) is 80.4 Å². The van der Waals surface area contributed by atoms with E-state index in [9.17, 15) is 9.59 Å². The molecule has 0 atom stereocenters. The summed E-state index contributed by atoms with van der Waals surface area (Å²) in [4.78, 5) is 32.2. The standard InChI is InChI=1S/C54H70N2O4/c1-8-9-10-11-12-13-14-15-16-17-18-19-20-21-22-29-42-47-40-27-23-24-28-41(40)51(57)48-44(55-43-30-25-26-31-45(43)59-7)36-46(50(49(47)48)56-52(42)58)60-39-34-32-38(33-35-39)54(5,6)37-53(2,3)4/h23-28,30-36,55H,8-22,29,37H2,1-7H3,(H,56,58). The second-order valence-electron chi connectivity index (χ2n) is 19.0. The second-order valence-corrected chi connectivity index (χ2v) is 19.0. The number of pyridine rings is 1. The Labute approximate surface area is 359 Å². The lowest BCUT2D eigenvalue weighted by molar-refractivity contribution is 0.104. The van der Waals surface area contributed by atoms with Gasteiger partial charge in [-0.15, -0.1) is 0 Å². The zero-order valence-electron chi connectivity index (χ0n) is 37.7. The van der Waals surface area contributed by atoms with Crippen molar-refractivity contribution < 1.29 is 14.3 Å². The van der Waals surface area contributed by atoms with Crippen molar-refractivity contribution in [1.82, 2.24) is 4.98 Å². The fraction of sp³-hybridized carbons (Fsp3) is 0.481. The molecule has 0 aliphatic heterocycles. The number of methoxy groups -OCH3 is 1. The second kappa shape index (κ2) is 20.6. The number of aromatic amines is 1. The molecule has 0 spiro atoms. The molecule has 1 heterocycles. The van der Waals surface area contributed by atoms with Crippen LogP contribution in [0.4, 0.5) is 11.4 Å². The SMILES string of the molecule is CCCCCCCCCCCCCCCCCc1c2c3c(c(Nc4ccccc4OC)cc(Oc4ccc(C(C)(C)CC(C)(C)C)cc4)c3[nH]c1=O)C(=O)c1ccccc1-2. The Balaban J connectivity index is 1.28. The number of anilines is 2. The average Bonchev–Trinajstić information content (AvgIpc) is 3.22. The third-order valence-electron chi connectivity index (χ3n) is 12.3. The lowest BCUT2D eigenvalue weighted by atomic mass is 9.72. The van der Waals surface area contributed by atoms with Crippen LogP contribution in [0.25, 0.3) is 22.0 Å². The van der Waals surface area contributed by atoms with Crippen molar-refractivity contribution in [3.8, 4) is 28.4 Å². The van der Waals surface area contributed by atoms with Crippen LogP contribution in [-0.2, 0) is 11.8 Å². The summed E-state index contributed by atoms with van der Waals surface area (Å²) in [5, 5.41) is 4.27. The average molecular weight is 811 g/mol. The first-order valence-electron chi connectivity index (χ1n) is 23.0. The Hall–Kier alpha value is -4.84. The highest BCUT2D eigenvalue weighted by atomic mass is 16.5. The number of nitrogens with one attached hydrogen (secondary N) is 2. The molecule has 0 radical (unpaired) electrons. The van der Waals surface area contributed by atoms with Gasteiger partial charge >= 0.3 is 0 Å². The first-order valence-corrected chi connectivity index (χ1v) is 23.0. The quantitative estimate of drug-likeness (QED) is 0.0630. The molecule has 1 aromatic heterocycles. The maximum Gasteiger partial charge on any atom is 0.252 e. The lowest BCUT2D eigenvalue weighted by Crippen LogP contribution is -2.24. The van der Waals surface area contributed by atoms with Crippen molar-refractivity contribution in [3.63, 3.8) is 0 Å². The van der Waals surface area contributed by atoms with Crippen LogP contribution >= 0.6 is 0 Å². The van der Waals surface area contributed by atoms with Gasteiger partial charge in [0.2, 0.25) is 0 Å². The number of ether oxygens (including phenoxy) is 2. The number of ketones is 1. The molecular formula is C54H70N2O4. The van der Waals surface area contributed by atoms with Crippen LogP contribution in [0.2, 0.25) is 0 Å². The number of benzene rings is 4. The number of H-pyrrole nitrogens is 1. The molecule has 60 heavy (non-hydrogen) atoms. The predicted molar refractivity (Wildman–Crippen MR) is 252 cm³/mol. The van der Waals surface area contributed by atoms with Gasteiger partial charge in [0.05, 0.1) is 29.6 Å². The van der Waals surface area contributed by atoms with Gasteiger partial charge in [-0.05, 0) is 65.5 Å². The fourth-order valence-corrected chi connectivity index (χ4v) is 9.57. The molecule has 0 amide bonds. The molecule has 320 valence electrons. The molecule has 6 rings (SSSR count). The smallest absolute Gasteiger partial charge is 0.252 e. The highest BCUT2D eigenvalue weighted by Crippen LogP contribution is 2.48. The summed E-state index contributed by atoms with van der Waals surface area (Å²) in [5.41, 5.74) is 6.57. The van der Waals surface area contributed by atoms with Gasteiger partial charge in [-0.1, -0.05) is 180 Å². The Kier molecular flexibility index (Phi) is 15.4. The molecule has 5 aromatic rings. The summed E-state index contributed by atoms with van der Waals surface area (Å²) in [5.74, 6) is 1.68. The number of para-hydroxylation sites is 2. The summed E-state index contributed by atoms with van der Waals surface area (Å²) in [6.07, 6.45) is 21.0. The van der Waals surface area contributed by atoms with Gasteiger partial charge in [-0.2, -0.15) is 0 Å². The van der Waals surface area contributed by atoms with Crippen molar-refractivity contribution in [2.45, 2.75) is 156 Å². The van der Waals surface area contributed by atoms with Crippen molar-refractivity contribution in [2.24, 2.45) is 5.41 Å². The van der Waals surface area contributed by atoms with E-state index < -0.39 is 0 Å². The summed E-state index contributed by atoms with van der Waals surface area (Å²) in [6.45, 7) is 13.7. The number of rotatable bonds is 23. The van der Waals surface area contributed by atoms with Gasteiger partial charge in [0.15, 0.2) is 11.5 Å². The summed E-state index contributed by atoms with van der Waals surface area (Å²) in [7, 11) is 1.64. The summed E-state index contributed by atoms with van der Waals surface area (Å²) in [6, 6.07) is 25.5. The summed E-state index contributed by atoms with van der Waals surface area (Å²) < 4.78 is 12.5. The van der Waals surface area contributed by atoms with Crippen LogP contribution in [0.3, 0.4) is 0 Å². The van der Waals surface area contributed by atoms with Crippen LogP contribution in [0.15, 0.2) is 83.7 Å². The van der Waals surface area contributed by atoms with Gasteiger partial charge in [-0.25, -0.2) is 0 Å². The Morgan fingerprint density at radius 2 is 1.18 bits per heavy atom. The van der Waals surface area contributed by atoms with Gasteiger partial charge in [0.25, 0.3) is 5.56 Å². The van der Waals surface area contributed by atoms with E-state index in [0.717, 1.165) is 48.1 Å².